The SMILES string of the molecule is CCOc1ccccc1NC(=O)Nc1cc(C)c2nc(NC(=O)CC)sc2c1. The topological polar surface area (TPSA) is 92.3 Å². The van der Waals surface area contributed by atoms with Crippen LogP contribution in [0, 0.1) is 6.92 Å². The third kappa shape index (κ3) is 4.58. The first-order valence-corrected chi connectivity index (χ1v) is 9.82. The van der Waals surface area contributed by atoms with Crippen LogP contribution in [0.4, 0.5) is 21.3 Å². The van der Waals surface area contributed by atoms with Crippen LogP contribution in [0.1, 0.15) is 25.8 Å². The third-order valence-electron chi connectivity index (χ3n) is 3.95. The number of hydrogen-bond acceptors (Lipinski definition) is 5. The van der Waals surface area contributed by atoms with Crippen molar-refractivity contribution in [2.75, 3.05) is 22.6 Å². The van der Waals surface area contributed by atoms with Crippen molar-refractivity contribution in [1.82, 2.24) is 4.98 Å². The number of fused-ring (bicyclic) bond motifs is 1. The summed E-state index contributed by atoms with van der Waals surface area (Å²) in [7, 11) is 0. The Labute approximate surface area is 167 Å². The molecule has 0 spiro atoms. The molecular weight excluding hydrogens is 376 g/mol. The van der Waals surface area contributed by atoms with Gasteiger partial charge in [0.2, 0.25) is 5.91 Å². The fraction of sp³-hybridized carbons (Fsp3) is 0.250. The Kier molecular flexibility index (Phi) is 6.10. The summed E-state index contributed by atoms with van der Waals surface area (Å²) in [5.74, 6) is 0.535. The molecule has 2 aromatic carbocycles. The number of thiazole rings is 1. The quantitative estimate of drug-likeness (QED) is 0.545. The molecule has 8 heteroatoms. The molecule has 146 valence electrons. The van der Waals surface area contributed by atoms with Crippen molar-refractivity contribution >= 4 is 50.0 Å². The van der Waals surface area contributed by atoms with Crippen LogP contribution in [0.25, 0.3) is 10.2 Å². The van der Waals surface area contributed by atoms with Gasteiger partial charge in [0.05, 0.1) is 22.5 Å². The standard InChI is InChI=1S/C20H22N4O3S/c1-4-17(25)23-20-24-18-12(3)10-13(11-16(18)28-20)21-19(26)22-14-8-6-7-9-15(14)27-5-2/h6-11H,4-5H2,1-3H3,(H2,21,22,26)(H,23,24,25). The molecule has 0 bridgehead atoms. The second-order valence-corrected chi connectivity index (χ2v) is 7.10. The maximum atomic E-state index is 12.4. The van der Waals surface area contributed by atoms with Crippen molar-refractivity contribution < 1.29 is 14.3 Å². The van der Waals surface area contributed by atoms with Crippen LogP contribution in [0.3, 0.4) is 0 Å². The normalized spacial score (nSPS) is 10.5. The fourth-order valence-electron chi connectivity index (χ4n) is 2.67. The average molecular weight is 398 g/mol. The highest BCUT2D eigenvalue weighted by Crippen LogP contribution is 2.31. The number of anilines is 3. The largest absolute Gasteiger partial charge is 0.492 e. The molecule has 3 rings (SSSR count). The monoisotopic (exact) mass is 398 g/mol. The van der Waals surface area contributed by atoms with E-state index in [-0.39, 0.29) is 11.9 Å². The minimum Gasteiger partial charge on any atom is -0.492 e. The summed E-state index contributed by atoms with van der Waals surface area (Å²) in [5.41, 5.74) is 2.97. The summed E-state index contributed by atoms with van der Waals surface area (Å²) < 4.78 is 6.41. The number of urea groups is 1. The summed E-state index contributed by atoms with van der Waals surface area (Å²) in [6.07, 6.45) is 0.394. The number of carbonyl (C=O) groups is 2. The van der Waals surface area contributed by atoms with Gasteiger partial charge in [-0.25, -0.2) is 9.78 Å². The Hall–Kier alpha value is -3.13. The summed E-state index contributed by atoms with van der Waals surface area (Å²) in [6.45, 7) is 6.11. The minimum atomic E-state index is -0.366. The van der Waals surface area contributed by atoms with Gasteiger partial charge in [-0.1, -0.05) is 30.4 Å². The number of nitrogens with one attached hydrogen (secondary N) is 3. The van der Waals surface area contributed by atoms with Crippen LogP contribution >= 0.6 is 11.3 Å². The molecule has 0 saturated carbocycles. The predicted octanol–water partition coefficient (Wildman–Crippen LogP) is 5.00. The zero-order valence-electron chi connectivity index (χ0n) is 16.0. The maximum absolute atomic E-state index is 12.4. The Morgan fingerprint density at radius 2 is 1.89 bits per heavy atom. The van der Waals surface area contributed by atoms with E-state index in [9.17, 15) is 9.59 Å². The molecule has 3 amide bonds. The van der Waals surface area contributed by atoms with E-state index >= 15 is 0 Å². The number of amides is 3. The molecule has 0 aliphatic heterocycles. The number of carbonyl (C=O) groups excluding carboxylic acids is 2. The van der Waals surface area contributed by atoms with Crippen LogP contribution in [0.15, 0.2) is 36.4 Å². The van der Waals surface area contributed by atoms with E-state index in [4.69, 9.17) is 4.74 Å². The van der Waals surface area contributed by atoms with Gasteiger partial charge in [0, 0.05) is 12.1 Å². The summed E-state index contributed by atoms with van der Waals surface area (Å²) in [4.78, 5) is 28.5. The minimum absolute atomic E-state index is 0.0811. The van der Waals surface area contributed by atoms with Gasteiger partial charge < -0.3 is 20.7 Å². The molecule has 0 aliphatic carbocycles. The van der Waals surface area contributed by atoms with E-state index in [2.05, 4.69) is 20.9 Å². The molecule has 3 aromatic rings. The van der Waals surface area contributed by atoms with Crippen LogP contribution in [0.2, 0.25) is 0 Å². The highest BCUT2D eigenvalue weighted by molar-refractivity contribution is 7.22. The lowest BCUT2D eigenvalue weighted by molar-refractivity contribution is -0.115. The Balaban J connectivity index is 1.76. The lowest BCUT2D eigenvalue weighted by atomic mass is 10.2. The van der Waals surface area contributed by atoms with Crippen molar-refractivity contribution in [3.63, 3.8) is 0 Å². The maximum Gasteiger partial charge on any atom is 0.323 e. The van der Waals surface area contributed by atoms with Gasteiger partial charge >= 0.3 is 6.03 Å². The molecule has 1 heterocycles. The van der Waals surface area contributed by atoms with E-state index in [1.54, 1.807) is 19.1 Å². The Morgan fingerprint density at radius 1 is 1.11 bits per heavy atom. The van der Waals surface area contributed by atoms with Gasteiger partial charge in [-0.05, 0) is 43.7 Å². The predicted molar refractivity (Wildman–Crippen MR) is 114 cm³/mol. The van der Waals surface area contributed by atoms with Gasteiger partial charge in [0.25, 0.3) is 0 Å². The number of aromatic nitrogens is 1. The van der Waals surface area contributed by atoms with Crippen LogP contribution in [-0.2, 0) is 4.79 Å². The van der Waals surface area contributed by atoms with Crippen molar-refractivity contribution in [1.29, 1.82) is 0 Å². The number of benzene rings is 2. The number of rotatable bonds is 6. The molecule has 0 unspecified atom stereocenters. The first-order valence-electron chi connectivity index (χ1n) is 9.01. The summed E-state index contributed by atoms with van der Waals surface area (Å²) in [6, 6.07) is 10.6. The Morgan fingerprint density at radius 3 is 2.64 bits per heavy atom. The molecule has 1 aromatic heterocycles. The first kappa shape index (κ1) is 19.6. The van der Waals surface area contributed by atoms with Gasteiger partial charge in [0.1, 0.15) is 5.75 Å². The molecule has 0 radical (unpaired) electrons. The fourth-order valence-corrected chi connectivity index (χ4v) is 3.67. The number of hydrogen-bond donors (Lipinski definition) is 3. The van der Waals surface area contributed by atoms with E-state index in [1.807, 2.05) is 38.1 Å². The second-order valence-electron chi connectivity index (χ2n) is 6.07. The molecule has 0 fully saturated rings. The lowest BCUT2D eigenvalue weighted by Crippen LogP contribution is -2.20. The molecule has 28 heavy (non-hydrogen) atoms. The summed E-state index contributed by atoms with van der Waals surface area (Å²) in [5, 5.41) is 8.97. The molecular formula is C20H22N4O3S. The first-order chi connectivity index (χ1) is 13.5. The number of ether oxygens (including phenoxy) is 1. The highest BCUT2D eigenvalue weighted by atomic mass is 32.1. The molecule has 3 N–H and O–H groups in total. The molecule has 0 saturated heterocycles. The molecule has 0 aliphatic rings. The van der Waals surface area contributed by atoms with Gasteiger partial charge in [-0.3, -0.25) is 4.79 Å². The van der Waals surface area contributed by atoms with Gasteiger partial charge in [-0.2, -0.15) is 0 Å². The van der Waals surface area contributed by atoms with Crippen molar-refractivity contribution in [2.24, 2.45) is 0 Å². The van der Waals surface area contributed by atoms with E-state index in [0.717, 1.165) is 15.8 Å². The van der Waals surface area contributed by atoms with Crippen LogP contribution in [0.5, 0.6) is 5.75 Å². The van der Waals surface area contributed by atoms with Crippen molar-refractivity contribution in [3.8, 4) is 5.75 Å². The van der Waals surface area contributed by atoms with Crippen LogP contribution in [-0.4, -0.2) is 23.5 Å². The lowest BCUT2D eigenvalue weighted by Gasteiger charge is -2.12. The number of aryl methyl sites for hydroxylation is 1. The zero-order valence-corrected chi connectivity index (χ0v) is 16.8. The smallest absolute Gasteiger partial charge is 0.323 e. The van der Waals surface area contributed by atoms with E-state index in [1.165, 1.54) is 11.3 Å². The third-order valence-corrected chi connectivity index (χ3v) is 4.86. The highest BCUT2D eigenvalue weighted by Gasteiger charge is 2.12. The van der Waals surface area contributed by atoms with Crippen LogP contribution < -0.4 is 20.7 Å². The van der Waals surface area contributed by atoms with Crippen molar-refractivity contribution in [3.05, 3.63) is 42.0 Å². The van der Waals surface area contributed by atoms with E-state index < -0.39 is 0 Å². The molecule has 0 atom stereocenters. The second kappa shape index (κ2) is 8.71. The number of nitrogens with zero attached hydrogens (tertiary/aromatic N) is 1. The van der Waals surface area contributed by atoms with E-state index in [0.29, 0.717) is 35.3 Å². The number of para-hydroxylation sites is 2. The average Bonchev–Trinajstić information content (AvgIpc) is 3.06. The van der Waals surface area contributed by atoms with Crippen molar-refractivity contribution in [2.45, 2.75) is 27.2 Å². The Bertz CT molecular complexity index is 1020. The van der Waals surface area contributed by atoms with Gasteiger partial charge in [0.15, 0.2) is 5.13 Å². The zero-order chi connectivity index (χ0) is 20.1. The molecule has 7 nitrogen and oxygen atoms in total. The summed E-state index contributed by atoms with van der Waals surface area (Å²) >= 11 is 1.37. The van der Waals surface area contributed by atoms with Gasteiger partial charge in [-0.15, -0.1) is 0 Å².